The number of rotatable bonds is 5. The molecule has 26 heavy (non-hydrogen) atoms. The minimum absolute atomic E-state index is 0.0115. The fraction of sp³-hybridized carbons (Fsp3) is 0.579. The Morgan fingerprint density at radius 2 is 2.08 bits per heavy atom. The molecule has 3 rings (SSSR count). The van der Waals surface area contributed by atoms with Crippen molar-refractivity contribution in [2.75, 3.05) is 50.8 Å². The summed E-state index contributed by atoms with van der Waals surface area (Å²) in [7, 11) is 0. The van der Waals surface area contributed by atoms with Crippen molar-refractivity contribution in [1.82, 2.24) is 9.80 Å². The lowest BCUT2D eigenvalue weighted by atomic mass is 10.1. The predicted molar refractivity (Wildman–Crippen MR) is 101 cm³/mol. The average Bonchev–Trinajstić information content (AvgIpc) is 2.64. The van der Waals surface area contributed by atoms with Crippen molar-refractivity contribution in [2.45, 2.75) is 25.8 Å². The van der Waals surface area contributed by atoms with Gasteiger partial charge in [0, 0.05) is 42.8 Å². The molecular formula is C19H26ClN3O3. The maximum atomic E-state index is 12.6. The number of ether oxygens (including phenoxy) is 1. The Morgan fingerprint density at radius 1 is 1.31 bits per heavy atom. The number of hydrogen-bond acceptors (Lipinski definition) is 4. The van der Waals surface area contributed by atoms with E-state index in [4.69, 9.17) is 16.3 Å². The van der Waals surface area contributed by atoms with Gasteiger partial charge in [0.25, 0.3) is 0 Å². The molecule has 1 aromatic carbocycles. The first-order chi connectivity index (χ1) is 12.5. The molecule has 0 radical (unpaired) electrons. The molecule has 142 valence electrons. The molecule has 2 aliphatic rings. The zero-order valence-electron chi connectivity index (χ0n) is 15.2. The summed E-state index contributed by atoms with van der Waals surface area (Å²) in [4.78, 5) is 30.9. The highest BCUT2D eigenvalue weighted by molar-refractivity contribution is 6.30. The van der Waals surface area contributed by atoms with E-state index >= 15 is 0 Å². The highest BCUT2D eigenvalue weighted by Gasteiger charge is 2.33. The van der Waals surface area contributed by atoms with Gasteiger partial charge >= 0.3 is 0 Å². The second kappa shape index (κ2) is 8.84. The van der Waals surface area contributed by atoms with Gasteiger partial charge in [0.05, 0.1) is 13.2 Å². The van der Waals surface area contributed by atoms with Crippen molar-refractivity contribution in [2.24, 2.45) is 0 Å². The summed E-state index contributed by atoms with van der Waals surface area (Å²) in [6, 6.07) is 7.26. The maximum absolute atomic E-state index is 12.6. The van der Waals surface area contributed by atoms with E-state index in [0.29, 0.717) is 18.0 Å². The van der Waals surface area contributed by atoms with Crippen LogP contribution in [0.15, 0.2) is 24.3 Å². The molecule has 2 aliphatic heterocycles. The highest BCUT2D eigenvalue weighted by atomic mass is 35.5. The van der Waals surface area contributed by atoms with E-state index < -0.39 is 0 Å². The number of halogens is 1. The van der Waals surface area contributed by atoms with Crippen molar-refractivity contribution in [3.05, 3.63) is 29.3 Å². The Morgan fingerprint density at radius 3 is 2.81 bits per heavy atom. The molecule has 1 unspecified atom stereocenters. The Balaban J connectivity index is 1.51. The Labute approximate surface area is 159 Å². The van der Waals surface area contributed by atoms with Crippen LogP contribution < -0.4 is 4.90 Å². The van der Waals surface area contributed by atoms with Gasteiger partial charge < -0.3 is 14.5 Å². The van der Waals surface area contributed by atoms with Gasteiger partial charge in [0.15, 0.2) is 0 Å². The van der Waals surface area contributed by atoms with Crippen molar-refractivity contribution in [1.29, 1.82) is 0 Å². The lowest BCUT2D eigenvalue weighted by Crippen LogP contribution is -2.57. The van der Waals surface area contributed by atoms with E-state index in [9.17, 15) is 9.59 Å². The second-order valence-corrected chi connectivity index (χ2v) is 7.35. The third-order valence-corrected chi connectivity index (χ3v) is 5.23. The first-order valence-corrected chi connectivity index (χ1v) is 9.58. The van der Waals surface area contributed by atoms with Crippen LogP contribution in [0.1, 0.15) is 19.8 Å². The van der Waals surface area contributed by atoms with E-state index in [1.807, 2.05) is 19.1 Å². The number of piperazine rings is 1. The molecule has 6 nitrogen and oxygen atoms in total. The van der Waals surface area contributed by atoms with Crippen LogP contribution in [0.2, 0.25) is 5.02 Å². The Kier molecular flexibility index (Phi) is 6.51. The summed E-state index contributed by atoms with van der Waals surface area (Å²) >= 11 is 6.03. The van der Waals surface area contributed by atoms with Crippen molar-refractivity contribution in [3.8, 4) is 0 Å². The van der Waals surface area contributed by atoms with Crippen LogP contribution in [-0.4, -0.2) is 73.6 Å². The van der Waals surface area contributed by atoms with Gasteiger partial charge in [-0.3, -0.25) is 14.5 Å². The molecule has 1 atom stereocenters. The van der Waals surface area contributed by atoms with E-state index in [0.717, 1.165) is 45.0 Å². The zero-order chi connectivity index (χ0) is 18.5. The van der Waals surface area contributed by atoms with Gasteiger partial charge in [0.2, 0.25) is 11.8 Å². The lowest BCUT2D eigenvalue weighted by molar-refractivity contribution is -0.139. The van der Waals surface area contributed by atoms with E-state index in [1.54, 1.807) is 21.9 Å². The molecule has 0 bridgehead atoms. The number of anilines is 1. The standard InChI is InChI=1S/C19H26ClN3O3/c1-15-13-23(17-5-2-4-16(20)12-17)19(25)14-22(15)18(24)6-3-7-21-8-10-26-11-9-21/h2,4-5,12,15H,3,6-11,13-14H2,1H3. The molecule has 0 aliphatic carbocycles. The molecule has 0 saturated carbocycles. The molecule has 0 aromatic heterocycles. The second-order valence-electron chi connectivity index (χ2n) is 6.91. The third-order valence-electron chi connectivity index (χ3n) is 4.99. The Hall–Kier alpha value is -1.63. The molecule has 2 saturated heterocycles. The fourth-order valence-electron chi connectivity index (χ4n) is 3.50. The van der Waals surface area contributed by atoms with Crippen molar-refractivity contribution in [3.63, 3.8) is 0 Å². The maximum Gasteiger partial charge on any atom is 0.246 e. The number of carbonyl (C=O) groups excluding carboxylic acids is 2. The minimum atomic E-state index is -0.0631. The quantitative estimate of drug-likeness (QED) is 0.785. The summed E-state index contributed by atoms with van der Waals surface area (Å²) < 4.78 is 5.33. The molecule has 7 heteroatoms. The topological polar surface area (TPSA) is 53.1 Å². The van der Waals surface area contributed by atoms with Gasteiger partial charge in [0.1, 0.15) is 6.54 Å². The lowest BCUT2D eigenvalue weighted by Gasteiger charge is -2.39. The molecule has 0 spiro atoms. The van der Waals surface area contributed by atoms with Crippen LogP contribution in [0, 0.1) is 0 Å². The molecule has 2 heterocycles. The van der Waals surface area contributed by atoms with E-state index in [1.165, 1.54) is 0 Å². The van der Waals surface area contributed by atoms with Crippen LogP contribution in [0.5, 0.6) is 0 Å². The summed E-state index contributed by atoms with van der Waals surface area (Å²) in [6.45, 7) is 6.92. The SMILES string of the molecule is CC1CN(c2cccc(Cl)c2)C(=O)CN1C(=O)CCCN1CCOCC1. The highest BCUT2D eigenvalue weighted by Crippen LogP contribution is 2.23. The van der Waals surface area contributed by atoms with Crippen LogP contribution in [0.4, 0.5) is 5.69 Å². The minimum Gasteiger partial charge on any atom is -0.379 e. The van der Waals surface area contributed by atoms with Crippen LogP contribution in [-0.2, 0) is 14.3 Å². The van der Waals surface area contributed by atoms with Crippen LogP contribution in [0.25, 0.3) is 0 Å². The van der Waals surface area contributed by atoms with Gasteiger partial charge in [-0.25, -0.2) is 0 Å². The van der Waals surface area contributed by atoms with Crippen LogP contribution in [0.3, 0.4) is 0 Å². The number of benzene rings is 1. The van der Waals surface area contributed by atoms with Gasteiger partial charge in [-0.05, 0) is 38.1 Å². The van der Waals surface area contributed by atoms with Gasteiger partial charge in [-0.15, -0.1) is 0 Å². The fourth-order valence-corrected chi connectivity index (χ4v) is 3.69. The smallest absolute Gasteiger partial charge is 0.246 e. The van der Waals surface area contributed by atoms with E-state index in [-0.39, 0.29) is 24.4 Å². The monoisotopic (exact) mass is 379 g/mol. The Bertz CT molecular complexity index is 649. The average molecular weight is 380 g/mol. The summed E-state index contributed by atoms with van der Waals surface area (Å²) in [5.74, 6) is -0.00301. The summed E-state index contributed by atoms with van der Waals surface area (Å²) in [5.41, 5.74) is 0.786. The molecule has 1 aromatic rings. The summed E-state index contributed by atoms with van der Waals surface area (Å²) in [6.07, 6.45) is 1.29. The van der Waals surface area contributed by atoms with Gasteiger partial charge in [-0.1, -0.05) is 17.7 Å². The van der Waals surface area contributed by atoms with Crippen LogP contribution >= 0.6 is 11.6 Å². The van der Waals surface area contributed by atoms with Crippen molar-refractivity contribution >= 4 is 29.1 Å². The number of amides is 2. The number of morpholine rings is 1. The molecule has 2 fully saturated rings. The molecule has 0 N–H and O–H groups in total. The van der Waals surface area contributed by atoms with Gasteiger partial charge in [-0.2, -0.15) is 0 Å². The number of nitrogens with zero attached hydrogens (tertiary/aromatic N) is 3. The van der Waals surface area contributed by atoms with E-state index in [2.05, 4.69) is 4.90 Å². The third kappa shape index (κ3) is 4.75. The van der Waals surface area contributed by atoms with Crippen molar-refractivity contribution < 1.29 is 14.3 Å². The normalized spacial score (nSPS) is 21.9. The molecular weight excluding hydrogens is 354 g/mol. The number of hydrogen-bond donors (Lipinski definition) is 0. The largest absolute Gasteiger partial charge is 0.379 e. The zero-order valence-corrected chi connectivity index (χ0v) is 16.0. The predicted octanol–water partition coefficient (Wildman–Crippen LogP) is 2.02. The summed E-state index contributed by atoms with van der Waals surface area (Å²) in [5, 5.41) is 0.601. The first-order valence-electron chi connectivity index (χ1n) is 9.20. The number of carbonyl (C=O) groups is 2. The first kappa shape index (κ1) is 19.1. The molecule has 2 amide bonds.